The lowest BCUT2D eigenvalue weighted by Gasteiger charge is -2.42. The van der Waals surface area contributed by atoms with Gasteiger partial charge in [0.05, 0.1) is 31.8 Å². The van der Waals surface area contributed by atoms with E-state index < -0.39 is 32.4 Å². The molecule has 0 spiro atoms. The summed E-state index contributed by atoms with van der Waals surface area (Å²) >= 11 is 0. The number of benzene rings is 2. The van der Waals surface area contributed by atoms with E-state index in [1.54, 1.807) is 13.8 Å². The first-order chi connectivity index (χ1) is 16.0. The lowest BCUT2D eigenvalue weighted by atomic mass is 9.91. The van der Waals surface area contributed by atoms with Gasteiger partial charge in [0.25, 0.3) is 8.32 Å². The summed E-state index contributed by atoms with van der Waals surface area (Å²) < 4.78 is 11.7. The molecule has 2 aromatic carbocycles. The third kappa shape index (κ3) is 6.66. The highest BCUT2D eigenvalue weighted by Crippen LogP contribution is 2.36. The van der Waals surface area contributed by atoms with Gasteiger partial charge in [-0.2, -0.15) is 0 Å². The van der Waals surface area contributed by atoms with Gasteiger partial charge < -0.3 is 19.4 Å². The van der Waals surface area contributed by atoms with Crippen LogP contribution in [0.4, 0.5) is 0 Å². The zero-order valence-electron chi connectivity index (χ0n) is 21.3. The minimum atomic E-state index is -2.67. The fraction of sp³-hybridized carbons (Fsp3) is 0.464. The summed E-state index contributed by atoms with van der Waals surface area (Å²) in [6.07, 6.45) is -0.141. The number of carbonyl (C=O) groups excluding carboxylic acids is 1. The van der Waals surface area contributed by atoms with E-state index in [1.165, 1.54) is 10.4 Å². The Morgan fingerprint density at radius 2 is 1.50 bits per heavy atom. The summed E-state index contributed by atoms with van der Waals surface area (Å²) in [5, 5.41) is 23.4. The smallest absolute Gasteiger partial charge is 0.308 e. The van der Waals surface area contributed by atoms with Crippen molar-refractivity contribution in [2.24, 2.45) is 5.92 Å². The Hall–Kier alpha value is -2.25. The van der Waals surface area contributed by atoms with Crippen LogP contribution >= 0.6 is 0 Å². The van der Waals surface area contributed by atoms with Crippen LogP contribution in [0.2, 0.25) is 5.04 Å². The van der Waals surface area contributed by atoms with Crippen LogP contribution in [0.5, 0.6) is 0 Å². The molecule has 0 amide bonds. The van der Waals surface area contributed by atoms with Gasteiger partial charge in [-0.3, -0.25) is 4.79 Å². The molecular formula is C28H40O5Si. The lowest BCUT2D eigenvalue weighted by molar-refractivity contribution is -0.146. The van der Waals surface area contributed by atoms with Gasteiger partial charge in [0.15, 0.2) is 0 Å². The van der Waals surface area contributed by atoms with E-state index in [4.69, 9.17) is 9.16 Å². The number of ether oxygens (including phenoxy) is 1. The van der Waals surface area contributed by atoms with E-state index in [0.717, 1.165) is 0 Å². The first-order valence-electron chi connectivity index (χ1n) is 12.0. The van der Waals surface area contributed by atoms with E-state index in [-0.39, 0.29) is 18.1 Å². The molecule has 0 saturated carbocycles. The predicted octanol–water partition coefficient (Wildman–Crippen LogP) is 3.82. The molecule has 3 atom stereocenters. The number of hydrogen-bond acceptors (Lipinski definition) is 5. The molecular weight excluding hydrogens is 444 g/mol. The van der Waals surface area contributed by atoms with Gasteiger partial charge >= 0.3 is 5.97 Å². The molecule has 0 aliphatic heterocycles. The Balaban J connectivity index is 2.28. The van der Waals surface area contributed by atoms with Crippen molar-refractivity contribution in [3.63, 3.8) is 0 Å². The molecule has 0 bridgehead atoms. The molecule has 186 valence electrons. The van der Waals surface area contributed by atoms with Crippen LogP contribution in [0, 0.1) is 5.92 Å². The van der Waals surface area contributed by atoms with Gasteiger partial charge in [-0.15, -0.1) is 0 Å². The summed E-state index contributed by atoms with van der Waals surface area (Å²) in [7, 11) is -2.67. The molecule has 5 nitrogen and oxygen atoms in total. The van der Waals surface area contributed by atoms with Crippen LogP contribution in [0.3, 0.4) is 0 Å². The molecule has 2 aromatic rings. The lowest BCUT2D eigenvalue weighted by Crippen LogP contribution is -2.66. The standard InChI is InChI=1S/C28H40O5Si/c1-7-32-26(30)20-25(29)22(3)27(31)21(2)18-19-33-34(28(4,5)6,23-14-10-8-11-15-23)24-16-12-9-13-17-24/h8-18,22,25,27,29,31H,7,19-20H2,1-6H3/b21-18-/t22-,25-,27-/m0/s1. The van der Waals surface area contributed by atoms with Gasteiger partial charge in [0.2, 0.25) is 0 Å². The highest BCUT2D eigenvalue weighted by molar-refractivity contribution is 6.99. The van der Waals surface area contributed by atoms with Crippen LogP contribution in [0.15, 0.2) is 72.3 Å². The Morgan fingerprint density at radius 1 is 1.00 bits per heavy atom. The summed E-state index contributed by atoms with van der Waals surface area (Å²) in [6.45, 7) is 12.5. The Kier molecular flexibility index (Phi) is 10.2. The Labute approximate surface area is 205 Å². The minimum absolute atomic E-state index is 0.140. The third-order valence-electron chi connectivity index (χ3n) is 6.37. The van der Waals surface area contributed by atoms with Crippen molar-refractivity contribution in [1.29, 1.82) is 0 Å². The van der Waals surface area contributed by atoms with Crippen LogP contribution in [0.25, 0.3) is 0 Å². The first kappa shape index (κ1) is 28.0. The van der Waals surface area contributed by atoms with Gasteiger partial charge in [0, 0.05) is 5.92 Å². The number of aliphatic hydroxyl groups is 2. The second-order valence-corrected chi connectivity index (χ2v) is 14.1. The quantitative estimate of drug-likeness (QED) is 0.288. The molecule has 0 aromatic heterocycles. The van der Waals surface area contributed by atoms with Crippen LogP contribution in [-0.2, 0) is 14.0 Å². The van der Waals surface area contributed by atoms with Crippen molar-refractivity contribution in [3.8, 4) is 0 Å². The maximum atomic E-state index is 11.7. The van der Waals surface area contributed by atoms with Crippen LogP contribution < -0.4 is 10.4 Å². The molecule has 0 fully saturated rings. The zero-order valence-corrected chi connectivity index (χ0v) is 22.3. The molecule has 6 heteroatoms. The van der Waals surface area contributed by atoms with Gasteiger partial charge in [-0.25, -0.2) is 0 Å². The topological polar surface area (TPSA) is 76.0 Å². The van der Waals surface area contributed by atoms with Gasteiger partial charge in [-0.1, -0.05) is 94.4 Å². The highest BCUT2D eigenvalue weighted by atomic mass is 28.4. The number of aliphatic hydroxyl groups excluding tert-OH is 2. The molecule has 2 rings (SSSR count). The first-order valence-corrected chi connectivity index (χ1v) is 13.9. The molecule has 2 N–H and O–H groups in total. The summed E-state index contributed by atoms with van der Waals surface area (Å²) in [6, 6.07) is 20.8. The summed E-state index contributed by atoms with van der Waals surface area (Å²) in [5.74, 6) is -0.987. The maximum absolute atomic E-state index is 11.7. The average Bonchev–Trinajstić information content (AvgIpc) is 2.81. The van der Waals surface area contributed by atoms with Crippen LogP contribution in [-0.4, -0.2) is 49.9 Å². The van der Waals surface area contributed by atoms with Gasteiger partial charge in [-0.05, 0) is 34.8 Å². The number of hydrogen-bond donors (Lipinski definition) is 2. The molecule has 0 aliphatic carbocycles. The zero-order chi connectivity index (χ0) is 25.4. The van der Waals surface area contributed by atoms with Crippen molar-refractivity contribution in [2.75, 3.05) is 13.2 Å². The summed E-state index contributed by atoms with van der Waals surface area (Å²) in [5.41, 5.74) is 0.702. The molecule has 34 heavy (non-hydrogen) atoms. The monoisotopic (exact) mass is 484 g/mol. The average molecular weight is 485 g/mol. The number of carbonyl (C=O) groups is 1. The summed E-state index contributed by atoms with van der Waals surface area (Å²) in [4.78, 5) is 11.7. The molecule has 0 aliphatic rings. The Bertz CT molecular complexity index is 881. The van der Waals surface area contributed by atoms with E-state index in [1.807, 2.05) is 49.4 Å². The van der Waals surface area contributed by atoms with Gasteiger partial charge in [0.1, 0.15) is 0 Å². The van der Waals surface area contributed by atoms with Crippen molar-refractivity contribution >= 4 is 24.7 Å². The van der Waals surface area contributed by atoms with Crippen molar-refractivity contribution in [3.05, 3.63) is 72.3 Å². The molecule has 0 saturated heterocycles. The van der Waals surface area contributed by atoms with Crippen LogP contribution in [0.1, 0.15) is 48.0 Å². The fourth-order valence-corrected chi connectivity index (χ4v) is 8.87. The minimum Gasteiger partial charge on any atom is -0.466 e. The van der Waals surface area contributed by atoms with E-state index in [0.29, 0.717) is 12.2 Å². The number of rotatable bonds is 11. The second-order valence-electron chi connectivity index (χ2n) is 9.80. The van der Waals surface area contributed by atoms with Crippen molar-refractivity contribution in [2.45, 2.75) is 65.2 Å². The predicted molar refractivity (Wildman–Crippen MR) is 140 cm³/mol. The van der Waals surface area contributed by atoms with Crippen molar-refractivity contribution in [1.82, 2.24) is 0 Å². The molecule has 0 unspecified atom stereocenters. The maximum Gasteiger partial charge on any atom is 0.308 e. The second kappa shape index (κ2) is 12.5. The third-order valence-corrected chi connectivity index (χ3v) is 11.4. The largest absolute Gasteiger partial charge is 0.466 e. The van der Waals surface area contributed by atoms with Crippen molar-refractivity contribution < 1.29 is 24.2 Å². The number of esters is 1. The van der Waals surface area contributed by atoms with E-state index in [2.05, 4.69) is 45.0 Å². The van der Waals surface area contributed by atoms with E-state index in [9.17, 15) is 15.0 Å². The molecule has 0 radical (unpaired) electrons. The van der Waals surface area contributed by atoms with E-state index >= 15 is 0 Å². The SMILES string of the molecule is CCOC(=O)C[C@H](O)[C@H](C)[C@@H](O)/C(C)=C\CO[Si](c1ccccc1)(c1ccccc1)C(C)(C)C. The highest BCUT2D eigenvalue weighted by Gasteiger charge is 2.49. The Morgan fingerprint density at radius 3 is 1.94 bits per heavy atom. The fourth-order valence-electron chi connectivity index (χ4n) is 4.38. The molecule has 0 heterocycles. The normalized spacial score (nSPS) is 15.5.